The van der Waals surface area contributed by atoms with Crippen LogP contribution in [0.5, 0.6) is 5.75 Å². The van der Waals surface area contributed by atoms with Crippen molar-refractivity contribution in [2.75, 3.05) is 19.8 Å². The van der Waals surface area contributed by atoms with Gasteiger partial charge >= 0.3 is 0 Å². The van der Waals surface area contributed by atoms with Gasteiger partial charge in [0.25, 0.3) is 5.91 Å². The van der Waals surface area contributed by atoms with Crippen LogP contribution >= 0.6 is 0 Å². The zero-order valence-corrected chi connectivity index (χ0v) is 19.9. The lowest BCUT2D eigenvalue weighted by Gasteiger charge is -2.25. The van der Waals surface area contributed by atoms with E-state index < -0.39 is 6.04 Å². The first-order valence-electron chi connectivity index (χ1n) is 11.5. The van der Waals surface area contributed by atoms with Crippen LogP contribution in [0.1, 0.15) is 66.0 Å². The van der Waals surface area contributed by atoms with Gasteiger partial charge in [0.2, 0.25) is 5.76 Å². The summed E-state index contributed by atoms with van der Waals surface area (Å²) in [6.07, 6.45) is 0.787. The highest BCUT2D eigenvalue weighted by molar-refractivity contribution is 5.99. The number of ether oxygens (including phenoxy) is 2. The molecule has 6 nitrogen and oxygen atoms in total. The minimum atomic E-state index is -0.511. The molecule has 2 aromatic carbocycles. The molecule has 2 heterocycles. The molecule has 6 heteroatoms. The largest absolute Gasteiger partial charge is 0.494 e. The first-order chi connectivity index (χ1) is 15.8. The van der Waals surface area contributed by atoms with E-state index in [4.69, 9.17) is 13.9 Å². The fourth-order valence-corrected chi connectivity index (χ4v) is 4.56. The number of aryl methyl sites for hydroxylation is 2. The van der Waals surface area contributed by atoms with E-state index >= 15 is 0 Å². The van der Waals surface area contributed by atoms with E-state index in [0.717, 1.165) is 22.4 Å². The second-order valence-corrected chi connectivity index (χ2v) is 8.81. The SMILES string of the molecule is CCOc1ccc(C2c3c(oc4cc(C)cc(C)c4c3=O)C(=O)N2CCCOC(C)C)cc1. The molecule has 33 heavy (non-hydrogen) atoms. The molecule has 0 fully saturated rings. The van der Waals surface area contributed by atoms with Crippen molar-refractivity contribution in [1.82, 2.24) is 4.90 Å². The van der Waals surface area contributed by atoms with Crippen LogP contribution in [0.25, 0.3) is 11.0 Å². The summed E-state index contributed by atoms with van der Waals surface area (Å²) in [5.41, 5.74) is 3.42. The molecule has 0 N–H and O–H groups in total. The summed E-state index contributed by atoms with van der Waals surface area (Å²) in [7, 11) is 0. The maximum absolute atomic E-state index is 13.7. The van der Waals surface area contributed by atoms with Crippen molar-refractivity contribution in [3.63, 3.8) is 0 Å². The monoisotopic (exact) mass is 449 g/mol. The zero-order chi connectivity index (χ0) is 23.7. The number of benzene rings is 2. The molecule has 1 aliphatic heterocycles. The van der Waals surface area contributed by atoms with Crippen molar-refractivity contribution in [2.24, 2.45) is 0 Å². The number of hydrogen-bond donors (Lipinski definition) is 0. The topological polar surface area (TPSA) is 69.0 Å². The quantitative estimate of drug-likeness (QED) is 0.444. The van der Waals surface area contributed by atoms with Gasteiger partial charge in [-0.3, -0.25) is 9.59 Å². The average molecular weight is 450 g/mol. The van der Waals surface area contributed by atoms with E-state index in [1.165, 1.54) is 0 Å². The average Bonchev–Trinajstić information content (AvgIpc) is 3.03. The van der Waals surface area contributed by atoms with Gasteiger partial charge in [-0.25, -0.2) is 0 Å². The van der Waals surface area contributed by atoms with Crippen molar-refractivity contribution < 1.29 is 18.7 Å². The summed E-state index contributed by atoms with van der Waals surface area (Å²) in [5, 5.41) is 0.535. The van der Waals surface area contributed by atoms with Gasteiger partial charge in [-0.05, 0) is 75.9 Å². The molecule has 1 atom stereocenters. The number of hydrogen-bond acceptors (Lipinski definition) is 5. The molecule has 0 bridgehead atoms. The summed E-state index contributed by atoms with van der Waals surface area (Å²) in [6, 6.07) is 10.9. The highest BCUT2D eigenvalue weighted by atomic mass is 16.5. The van der Waals surface area contributed by atoms with Crippen LogP contribution in [0.3, 0.4) is 0 Å². The minimum Gasteiger partial charge on any atom is -0.494 e. The van der Waals surface area contributed by atoms with E-state index in [-0.39, 0.29) is 23.2 Å². The number of fused-ring (bicyclic) bond motifs is 2. The van der Waals surface area contributed by atoms with Gasteiger partial charge in [-0.15, -0.1) is 0 Å². The van der Waals surface area contributed by atoms with Crippen molar-refractivity contribution in [3.05, 3.63) is 74.6 Å². The zero-order valence-electron chi connectivity index (χ0n) is 19.9. The van der Waals surface area contributed by atoms with Crippen molar-refractivity contribution in [3.8, 4) is 5.75 Å². The van der Waals surface area contributed by atoms with E-state index in [1.54, 1.807) is 4.90 Å². The fraction of sp³-hybridized carbons (Fsp3) is 0.407. The van der Waals surface area contributed by atoms with Crippen molar-refractivity contribution in [1.29, 1.82) is 0 Å². The van der Waals surface area contributed by atoms with Gasteiger partial charge in [-0.1, -0.05) is 18.2 Å². The molecule has 1 unspecified atom stereocenters. The third-order valence-electron chi connectivity index (χ3n) is 5.91. The maximum Gasteiger partial charge on any atom is 0.290 e. The highest BCUT2D eigenvalue weighted by Gasteiger charge is 2.42. The van der Waals surface area contributed by atoms with Crippen LogP contribution in [0.4, 0.5) is 0 Å². The standard InChI is InChI=1S/C27H31NO5/c1-6-31-20-10-8-19(9-11-20)24-23-25(29)22-18(5)14-17(4)15-21(22)33-26(23)27(30)28(24)12-7-13-32-16(2)3/h8-11,14-16,24H,6-7,12-13H2,1-5H3. The Morgan fingerprint density at radius 3 is 2.48 bits per heavy atom. The highest BCUT2D eigenvalue weighted by Crippen LogP contribution is 2.39. The normalized spacial score (nSPS) is 15.5. The van der Waals surface area contributed by atoms with Gasteiger partial charge in [0.05, 0.1) is 29.7 Å². The molecule has 1 aromatic heterocycles. The van der Waals surface area contributed by atoms with Crippen LogP contribution in [0.15, 0.2) is 45.6 Å². The Hall–Kier alpha value is -3.12. The summed E-state index contributed by atoms with van der Waals surface area (Å²) in [6.45, 7) is 11.3. The van der Waals surface area contributed by atoms with Gasteiger partial charge < -0.3 is 18.8 Å². The lowest BCUT2D eigenvalue weighted by Crippen LogP contribution is -2.31. The number of rotatable bonds is 8. The second kappa shape index (κ2) is 9.40. The lowest BCUT2D eigenvalue weighted by molar-refractivity contribution is 0.0593. The predicted molar refractivity (Wildman–Crippen MR) is 128 cm³/mol. The molecule has 0 saturated heterocycles. The Morgan fingerprint density at radius 1 is 1.09 bits per heavy atom. The number of carbonyl (C=O) groups excluding carboxylic acids is 1. The Bertz CT molecular complexity index is 1230. The van der Waals surface area contributed by atoms with Crippen LogP contribution in [-0.2, 0) is 4.74 Å². The van der Waals surface area contributed by atoms with Crippen LogP contribution < -0.4 is 10.2 Å². The first-order valence-corrected chi connectivity index (χ1v) is 11.5. The third-order valence-corrected chi connectivity index (χ3v) is 5.91. The van der Waals surface area contributed by atoms with Gasteiger partial charge in [0, 0.05) is 13.2 Å². The number of nitrogens with zero attached hydrogens (tertiary/aromatic N) is 1. The Morgan fingerprint density at radius 2 is 1.82 bits per heavy atom. The van der Waals surface area contributed by atoms with E-state index in [1.807, 2.05) is 71.0 Å². The number of carbonyl (C=O) groups is 1. The molecular formula is C27H31NO5. The first kappa shape index (κ1) is 23.1. The maximum atomic E-state index is 13.7. The molecule has 0 radical (unpaired) electrons. The fourth-order valence-electron chi connectivity index (χ4n) is 4.56. The molecule has 174 valence electrons. The van der Waals surface area contributed by atoms with Crippen molar-refractivity contribution in [2.45, 2.75) is 53.2 Å². The van der Waals surface area contributed by atoms with Crippen molar-refractivity contribution >= 4 is 16.9 Å². The predicted octanol–water partition coefficient (Wildman–Crippen LogP) is 5.17. The Labute approximate surface area is 194 Å². The summed E-state index contributed by atoms with van der Waals surface area (Å²) >= 11 is 0. The molecule has 0 spiro atoms. The molecule has 1 amide bonds. The smallest absolute Gasteiger partial charge is 0.290 e. The Kier molecular flexibility index (Phi) is 6.56. The van der Waals surface area contributed by atoms with Gasteiger partial charge in [0.1, 0.15) is 11.3 Å². The van der Waals surface area contributed by atoms with E-state index in [0.29, 0.717) is 42.7 Å². The third kappa shape index (κ3) is 4.40. The second-order valence-electron chi connectivity index (χ2n) is 8.81. The molecular weight excluding hydrogens is 418 g/mol. The number of amides is 1. The molecule has 1 aliphatic rings. The summed E-state index contributed by atoms with van der Waals surface area (Å²) < 4.78 is 17.3. The molecule has 0 saturated carbocycles. The minimum absolute atomic E-state index is 0.123. The Balaban J connectivity index is 1.82. The molecule has 4 rings (SSSR count). The summed E-state index contributed by atoms with van der Waals surface area (Å²) in [4.78, 5) is 28.9. The van der Waals surface area contributed by atoms with Crippen LogP contribution in [0, 0.1) is 13.8 Å². The lowest BCUT2D eigenvalue weighted by atomic mass is 9.97. The molecule has 3 aromatic rings. The summed E-state index contributed by atoms with van der Waals surface area (Å²) in [5.74, 6) is 0.632. The molecule has 0 aliphatic carbocycles. The van der Waals surface area contributed by atoms with E-state index in [9.17, 15) is 9.59 Å². The van der Waals surface area contributed by atoms with Gasteiger partial charge in [-0.2, -0.15) is 0 Å². The van der Waals surface area contributed by atoms with Crippen LogP contribution in [0.2, 0.25) is 0 Å². The van der Waals surface area contributed by atoms with E-state index in [2.05, 4.69) is 0 Å². The van der Waals surface area contributed by atoms with Gasteiger partial charge in [0.15, 0.2) is 5.43 Å². The van der Waals surface area contributed by atoms with Crippen LogP contribution in [-0.4, -0.2) is 36.7 Å².